The predicted molar refractivity (Wildman–Crippen MR) is 127 cm³/mol. The fourth-order valence-corrected chi connectivity index (χ4v) is 4.06. The van der Waals surface area contributed by atoms with Gasteiger partial charge in [0.2, 0.25) is 5.91 Å². The minimum Gasteiger partial charge on any atom is -0.497 e. The molecule has 0 aliphatic carbocycles. The van der Waals surface area contributed by atoms with Gasteiger partial charge in [0.15, 0.2) is 0 Å². The summed E-state index contributed by atoms with van der Waals surface area (Å²) in [5.41, 5.74) is 0.704. The highest BCUT2D eigenvalue weighted by molar-refractivity contribution is 5.98. The second-order valence-electron chi connectivity index (χ2n) is 8.64. The molecule has 0 aromatic heterocycles. The molecule has 0 unspecified atom stereocenters. The number of ether oxygens (including phenoxy) is 1. The Morgan fingerprint density at radius 2 is 1.74 bits per heavy atom. The van der Waals surface area contributed by atoms with E-state index in [9.17, 15) is 18.8 Å². The van der Waals surface area contributed by atoms with E-state index < -0.39 is 11.9 Å². The van der Waals surface area contributed by atoms with Crippen LogP contribution >= 0.6 is 0 Å². The normalized spacial score (nSPS) is 15.8. The van der Waals surface area contributed by atoms with E-state index in [2.05, 4.69) is 10.6 Å². The Kier molecular flexibility index (Phi) is 8.62. The van der Waals surface area contributed by atoms with E-state index in [0.717, 1.165) is 6.42 Å². The Labute approximate surface area is 199 Å². The maximum atomic E-state index is 13.5. The number of rotatable bonds is 8. The van der Waals surface area contributed by atoms with Crippen molar-refractivity contribution in [1.29, 1.82) is 0 Å². The van der Waals surface area contributed by atoms with E-state index in [-0.39, 0.29) is 29.7 Å². The van der Waals surface area contributed by atoms with Crippen molar-refractivity contribution in [3.63, 3.8) is 0 Å². The third-order valence-electron chi connectivity index (χ3n) is 6.27. The summed E-state index contributed by atoms with van der Waals surface area (Å²) in [7, 11) is 1.53. The van der Waals surface area contributed by atoms with Gasteiger partial charge in [-0.15, -0.1) is 0 Å². The van der Waals surface area contributed by atoms with Crippen LogP contribution in [0.5, 0.6) is 5.75 Å². The zero-order chi connectivity index (χ0) is 24.7. The van der Waals surface area contributed by atoms with Crippen LogP contribution in [0, 0.1) is 11.7 Å². The van der Waals surface area contributed by atoms with Gasteiger partial charge in [0.1, 0.15) is 17.6 Å². The molecule has 0 saturated carbocycles. The predicted octanol–water partition coefficient (Wildman–Crippen LogP) is 3.40. The average Bonchev–Trinajstić information content (AvgIpc) is 2.86. The lowest BCUT2D eigenvalue weighted by Crippen LogP contribution is -2.55. The van der Waals surface area contributed by atoms with E-state index in [4.69, 9.17) is 4.74 Å². The molecule has 2 aromatic rings. The molecule has 2 atom stereocenters. The number of benzene rings is 2. The molecular formula is C26H32FN3O4. The summed E-state index contributed by atoms with van der Waals surface area (Å²) in [5, 5.41) is 5.88. The van der Waals surface area contributed by atoms with Crippen molar-refractivity contribution < 1.29 is 23.5 Å². The largest absolute Gasteiger partial charge is 0.497 e. The molecule has 2 aromatic carbocycles. The number of nitrogens with zero attached hydrogens (tertiary/aromatic N) is 1. The van der Waals surface area contributed by atoms with Gasteiger partial charge in [0.25, 0.3) is 11.8 Å². The minimum absolute atomic E-state index is 0.0293. The Bertz CT molecular complexity index is 1020. The first-order valence-electron chi connectivity index (χ1n) is 11.6. The molecule has 1 aliphatic heterocycles. The number of hydrogen-bond donors (Lipinski definition) is 2. The van der Waals surface area contributed by atoms with E-state index in [0.29, 0.717) is 42.8 Å². The zero-order valence-corrected chi connectivity index (χ0v) is 19.8. The molecule has 0 radical (unpaired) electrons. The van der Waals surface area contributed by atoms with Crippen molar-refractivity contribution in [2.75, 3.05) is 20.2 Å². The number of piperidine rings is 1. The van der Waals surface area contributed by atoms with Gasteiger partial charge in [0, 0.05) is 30.3 Å². The highest BCUT2D eigenvalue weighted by Gasteiger charge is 2.34. The Morgan fingerprint density at radius 3 is 2.38 bits per heavy atom. The summed E-state index contributed by atoms with van der Waals surface area (Å²) in [6, 6.07) is 11.6. The second-order valence-corrected chi connectivity index (χ2v) is 8.64. The number of amides is 3. The summed E-state index contributed by atoms with van der Waals surface area (Å²) in [6.45, 7) is 4.73. The monoisotopic (exact) mass is 469 g/mol. The van der Waals surface area contributed by atoms with Crippen molar-refractivity contribution >= 4 is 17.7 Å². The molecule has 1 aliphatic rings. The van der Waals surface area contributed by atoms with Gasteiger partial charge in [-0.2, -0.15) is 0 Å². The summed E-state index contributed by atoms with van der Waals surface area (Å²) in [6.07, 6.45) is 1.85. The zero-order valence-electron chi connectivity index (χ0n) is 19.8. The van der Waals surface area contributed by atoms with E-state index in [1.54, 1.807) is 35.2 Å². The van der Waals surface area contributed by atoms with Crippen molar-refractivity contribution in [1.82, 2.24) is 15.5 Å². The number of likely N-dealkylation sites (tertiary alicyclic amines) is 1. The van der Waals surface area contributed by atoms with Crippen LogP contribution < -0.4 is 15.4 Å². The number of carbonyl (C=O) groups is 3. The minimum atomic E-state index is -0.737. The second kappa shape index (κ2) is 11.6. The molecule has 1 fully saturated rings. The third-order valence-corrected chi connectivity index (χ3v) is 6.27. The maximum absolute atomic E-state index is 13.5. The molecule has 7 nitrogen and oxygen atoms in total. The van der Waals surface area contributed by atoms with Crippen LogP contribution in [0.4, 0.5) is 4.39 Å². The summed E-state index contributed by atoms with van der Waals surface area (Å²) in [4.78, 5) is 40.5. The number of halogens is 1. The van der Waals surface area contributed by atoms with Crippen molar-refractivity contribution in [2.24, 2.45) is 5.92 Å². The van der Waals surface area contributed by atoms with Gasteiger partial charge in [-0.3, -0.25) is 14.4 Å². The van der Waals surface area contributed by atoms with Gasteiger partial charge in [-0.05, 0) is 68.5 Å². The Morgan fingerprint density at radius 1 is 1.06 bits per heavy atom. The van der Waals surface area contributed by atoms with Crippen molar-refractivity contribution in [3.8, 4) is 5.75 Å². The molecule has 1 saturated heterocycles. The first-order chi connectivity index (χ1) is 16.3. The van der Waals surface area contributed by atoms with Gasteiger partial charge < -0.3 is 20.3 Å². The summed E-state index contributed by atoms with van der Waals surface area (Å²) >= 11 is 0. The highest BCUT2D eigenvalue weighted by Crippen LogP contribution is 2.24. The molecule has 2 N–H and O–H groups in total. The van der Waals surface area contributed by atoms with Crippen LogP contribution in [0.2, 0.25) is 0 Å². The van der Waals surface area contributed by atoms with Crippen LogP contribution in [0.3, 0.4) is 0 Å². The van der Waals surface area contributed by atoms with Crippen LogP contribution in [-0.4, -0.2) is 54.9 Å². The SMILES string of the molecule is CC[C@@H](C)NC(=O)[C@H](NC(=O)c1cccc(OC)c1)C1CCN(C(=O)c2cccc(F)c2)CC1. The molecule has 182 valence electrons. The van der Waals surface area contributed by atoms with Crippen molar-refractivity contribution in [3.05, 3.63) is 65.5 Å². The number of methoxy groups -OCH3 is 1. The fraction of sp³-hybridized carbons (Fsp3) is 0.423. The van der Waals surface area contributed by atoms with E-state index in [1.165, 1.54) is 25.3 Å². The fourth-order valence-electron chi connectivity index (χ4n) is 4.06. The third kappa shape index (κ3) is 6.34. The topological polar surface area (TPSA) is 87.7 Å². The summed E-state index contributed by atoms with van der Waals surface area (Å²) < 4.78 is 18.7. The van der Waals surface area contributed by atoms with Crippen LogP contribution in [0.1, 0.15) is 53.8 Å². The Balaban J connectivity index is 1.71. The molecule has 0 spiro atoms. The molecule has 34 heavy (non-hydrogen) atoms. The first kappa shape index (κ1) is 25.2. The molecule has 0 bridgehead atoms. The van der Waals surface area contributed by atoms with Gasteiger partial charge in [-0.1, -0.05) is 19.1 Å². The number of hydrogen-bond acceptors (Lipinski definition) is 4. The van der Waals surface area contributed by atoms with Gasteiger partial charge in [0.05, 0.1) is 7.11 Å². The number of nitrogens with one attached hydrogen (secondary N) is 2. The molecule has 1 heterocycles. The van der Waals surface area contributed by atoms with Crippen molar-refractivity contribution in [2.45, 2.75) is 45.2 Å². The Hall–Kier alpha value is -3.42. The maximum Gasteiger partial charge on any atom is 0.253 e. The standard InChI is InChI=1S/C26H32FN3O4/c1-4-17(2)28-25(32)23(29-24(31)19-7-6-10-22(16-19)34-3)18-11-13-30(14-12-18)26(33)20-8-5-9-21(27)15-20/h5-10,15-18,23H,4,11-14H2,1-3H3,(H,28,32)(H,29,31)/t17-,23-/m1/s1. The number of carbonyl (C=O) groups excluding carboxylic acids is 3. The molecule has 3 rings (SSSR count). The lowest BCUT2D eigenvalue weighted by Gasteiger charge is -2.36. The van der Waals surface area contributed by atoms with Crippen LogP contribution in [-0.2, 0) is 4.79 Å². The highest BCUT2D eigenvalue weighted by atomic mass is 19.1. The quantitative estimate of drug-likeness (QED) is 0.620. The lowest BCUT2D eigenvalue weighted by molar-refractivity contribution is -0.125. The van der Waals surface area contributed by atoms with Gasteiger partial charge in [-0.25, -0.2) is 4.39 Å². The van der Waals surface area contributed by atoms with E-state index >= 15 is 0 Å². The average molecular weight is 470 g/mol. The summed E-state index contributed by atoms with van der Waals surface area (Å²) in [5.74, 6) is -0.878. The molecular weight excluding hydrogens is 437 g/mol. The lowest BCUT2D eigenvalue weighted by atomic mass is 9.88. The van der Waals surface area contributed by atoms with Crippen LogP contribution in [0.25, 0.3) is 0 Å². The smallest absolute Gasteiger partial charge is 0.253 e. The van der Waals surface area contributed by atoms with E-state index in [1.807, 2.05) is 13.8 Å². The molecule has 3 amide bonds. The first-order valence-corrected chi connectivity index (χ1v) is 11.6. The van der Waals surface area contributed by atoms with Gasteiger partial charge >= 0.3 is 0 Å². The molecule has 8 heteroatoms. The van der Waals surface area contributed by atoms with Crippen LogP contribution in [0.15, 0.2) is 48.5 Å².